The Morgan fingerprint density at radius 3 is 2.94 bits per heavy atom. The molecule has 3 aromatic heterocycles. The van der Waals surface area contributed by atoms with E-state index in [9.17, 15) is 4.79 Å². The van der Waals surface area contributed by atoms with Crippen molar-refractivity contribution in [1.29, 1.82) is 0 Å². The molecule has 0 aliphatic rings. The molecule has 4 rings (SSSR count). The molecule has 0 saturated heterocycles. The lowest BCUT2D eigenvalue weighted by molar-refractivity contribution is -0.111. The molecule has 0 spiro atoms. The van der Waals surface area contributed by atoms with E-state index >= 15 is 0 Å². The van der Waals surface area contributed by atoms with Crippen LogP contribution >= 0.6 is 0 Å². The number of aliphatic hydroxyl groups is 1. The summed E-state index contributed by atoms with van der Waals surface area (Å²) in [7, 11) is 0. The van der Waals surface area contributed by atoms with Crippen molar-refractivity contribution in [1.82, 2.24) is 29.5 Å². The van der Waals surface area contributed by atoms with Gasteiger partial charge in [0.25, 0.3) is 0 Å². The molecule has 0 aliphatic heterocycles. The highest BCUT2D eigenvalue weighted by Crippen LogP contribution is 2.18. The molecule has 0 radical (unpaired) electrons. The molecular weight excluding hydrogens is 396 g/mol. The van der Waals surface area contributed by atoms with E-state index in [0.29, 0.717) is 30.4 Å². The van der Waals surface area contributed by atoms with Crippen LogP contribution in [0.3, 0.4) is 0 Å². The minimum absolute atomic E-state index is 0.0168. The molecule has 10 nitrogen and oxygen atoms in total. The molecule has 0 bridgehead atoms. The Balaban J connectivity index is 1.53. The van der Waals surface area contributed by atoms with Gasteiger partial charge >= 0.3 is 0 Å². The van der Waals surface area contributed by atoms with E-state index in [1.807, 2.05) is 24.3 Å². The van der Waals surface area contributed by atoms with Crippen LogP contribution in [-0.2, 0) is 17.9 Å². The first-order chi connectivity index (χ1) is 15.1. The van der Waals surface area contributed by atoms with Crippen LogP contribution in [0, 0.1) is 0 Å². The van der Waals surface area contributed by atoms with Crippen LogP contribution in [0.15, 0.2) is 61.2 Å². The SMILES string of the molecule is CC=CC(=O)Nc1cccc(Cn2ncc3cnc(Nc4cnn(CCO)c4)nc32)c1. The summed E-state index contributed by atoms with van der Waals surface area (Å²) in [4.78, 5) is 20.7. The quantitative estimate of drug-likeness (QED) is 0.375. The Kier molecular flexibility index (Phi) is 5.99. The van der Waals surface area contributed by atoms with Gasteiger partial charge in [0.05, 0.1) is 43.2 Å². The van der Waals surface area contributed by atoms with Crippen LogP contribution in [0.1, 0.15) is 12.5 Å². The van der Waals surface area contributed by atoms with Gasteiger partial charge in [0.2, 0.25) is 11.9 Å². The third-order valence-electron chi connectivity index (χ3n) is 4.44. The number of hydrogen-bond acceptors (Lipinski definition) is 7. The number of aliphatic hydroxyl groups excluding tert-OH is 1. The lowest BCUT2D eigenvalue weighted by Crippen LogP contribution is -2.09. The maximum absolute atomic E-state index is 11.8. The summed E-state index contributed by atoms with van der Waals surface area (Å²) in [6.45, 7) is 2.72. The largest absolute Gasteiger partial charge is 0.394 e. The lowest BCUT2D eigenvalue weighted by Gasteiger charge is -2.08. The third-order valence-corrected chi connectivity index (χ3v) is 4.44. The second kappa shape index (κ2) is 9.18. The second-order valence-corrected chi connectivity index (χ2v) is 6.81. The van der Waals surface area contributed by atoms with Gasteiger partial charge < -0.3 is 15.7 Å². The Morgan fingerprint density at radius 2 is 2.10 bits per heavy atom. The van der Waals surface area contributed by atoms with Crippen molar-refractivity contribution in [2.24, 2.45) is 0 Å². The van der Waals surface area contributed by atoms with Gasteiger partial charge in [-0.25, -0.2) is 9.67 Å². The summed E-state index contributed by atoms with van der Waals surface area (Å²) in [5.74, 6) is 0.250. The summed E-state index contributed by atoms with van der Waals surface area (Å²) < 4.78 is 3.41. The van der Waals surface area contributed by atoms with Crippen molar-refractivity contribution in [3.8, 4) is 0 Å². The van der Waals surface area contributed by atoms with Crippen LogP contribution in [0.4, 0.5) is 17.3 Å². The van der Waals surface area contributed by atoms with Crippen molar-refractivity contribution in [2.75, 3.05) is 17.2 Å². The Morgan fingerprint density at radius 1 is 1.19 bits per heavy atom. The molecule has 0 atom stereocenters. The van der Waals surface area contributed by atoms with Crippen molar-refractivity contribution < 1.29 is 9.90 Å². The standard InChI is InChI=1S/C21H22N8O2/c1-2-4-19(31)25-17-6-3-5-15(9-17)13-29-20-16(11-24-29)10-22-21(27-20)26-18-12-23-28(14-18)7-8-30/h2-6,9-12,14,30H,7-8,13H2,1H3,(H,25,31)(H,22,26,27). The van der Waals surface area contributed by atoms with Gasteiger partial charge in [-0.05, 0) is 30.7 Å². The van der Waals surface area contributed by atoms with Crippen molar-refractivity contribution in [3.05, 3.63) is 66.8 Å². The van der Waals surface area contributed by atoms with Gasteiger partial charge in [-0.2, -0.15) is 15.2 Å². The number of aromatic nitrogens is 6. The summed E-state index contributed by atoms with van der Waals surface area (Å²) in [6.07, 6.45) is 10.0. The van der Waals surface area contributed by atoms with E-state index in [0.717, 1.165) is 16.6 Å². The third kappa shape index (κ3) is 4.93. The van der Waals surface area contributed by atoms with E-state index in [4.69, 9.17) is 5.11 Å². The summed E-state index contributed by atoms with van der Waals surface area (Å²) in [6, 6.07) is 7.60. The van der Waals surface area contributed by atoms with Crippen LogP contribution in [0.25, 0.3) is 11.0 Å². The molecule has 1 amide bonds. The summed E-state index contributed by atoms with van der Waals surface area (Å²) >= 11 is 0. The first-order valence-corrected chi connectivity index (χ1v) is 9.76. The van der Waals surface area contributed by atoms with E-state index in [2.05, 4.69) is 30.8 Å². The fourth-order valence-electron chi connectivity index (χ4n) is 3.08. The fraction of sp³-hybridized carbons (Fsp3) is 0.190. The summed E-state index contributed by atoms with van der Waals surface area (Å²) in [5, 5.41) is 24.4. The molecule has 0 fully saturated rings. The van der Waals surface area contributed by atoms with E-state index in [-0.39, 0.29) is 12.5 Å². The molecule has 0 aliphatic carbocycles. The first-order valence-electron chi connectivity index (χ1n) is 9.76. The monoisotopic (exact) mass is 418 g/mol. The van der Waals surface area contributed by atoms with Crippen LogP contribution < -0.4 is 10.6 Å². The predicted molar refractivity (Wildman–Crippen MR) is 117 cm³/mol. The minimum atomic E-state index is -0.171. The van der Waals surface area contributed by atoms with Crippen LogP contribution in [0.5, 0.6) is 0 Å². The molecule has 1 aromatic carbocycles. The number of amides is 1. The molecule has 0 unspecified atom stereocenters. The first kappa shape index (κ1) is 20.2. The number of nitrogens with zero attached hydrogens (tertiary/aromatic N) is 6. The van der Waals surface area contributed by atoms with Gasteiger partial charge in [-0.3, -0.25) is 9.48 Å². The number of rotatable bonds is 8. The molecule has 10 heteroatoms. The Hall–Kier alpha value is -4.05. The number of carbonyl (C=O) groups excluding carboxylic acids is 1. The predicted octanol–water partition coefficient (Wildman–Crippen LogP) is 2.32. The zero-order chi connectivity index (χ0) is 21.6. The number of nitrogens with one attached hydrogen (secondary N) is 2. The number of benzene rings is 1. The van der Waals surface area contributed by atoms with Crippen molar-refractivity contribution in [2.45, 2.75) is 20.0 Å². The Labute approximate surface area is 178 Å². The average molecular weight is 418 g/mol. The number of hydrogen-bond donors (Lipinski definition) is 3. The Bertz CT molecular complexity index is 1230. The number of anilines is 3. The number of fused-ring (bicyclic) bond motifs is 1. The zero-order valence-electron chi connectivity index (χ0n) is 16.9. The number of carbonyl (C=O) groups is 1. The van der Waals surface area contributed by atoms with E-state index in [1.165, 1.54) is 6.08 Å². The van der Waals surface area contributed by atoms with Gasteiger partial charge in [-0.1, -0.05) is 18.2 Å². The smallest absolute Gasteiger partial charge is 0.248 e. The highest BCUT2D eigenvalue weighted by molar-refractivity contribution is 5.99. The van der Waals surface area contributed by atoms with Gasteiger partial charge in [0, 0.05) is 18.1 Å². The molecule has 0 saturated carbocycles. The van der Waals surface area contributed by atoms with Gasteiger partial charge in [0.1, 0.15) is 0 Å². The van der Waals surface area contributed by atoms with Crippen LogP contribution in [0.2, 0.25) is 0 Å². The molecule has 3 heterocycles. The highest BCUT2D eigenvalue weighted by Gasteiger charge is 2.09. The maximum atomic E-state index is 11.8. The van der Waals surface area contributed by atoms with Crippen LogP contribution in [-0.4, -0.2) is 47.1 Å². The lowest BCUT2D eigenvalue weighted by atomic mass is 10.2. The zero-order valence-corrected chi connectivity index (χ0v) is 16.9. The van der Waals surface area contributed by atoms with Crippen molar-refractivity contribution >= 4 is 34.3 Å². The molecule has 4 aromatic rings. The molecule has 3 N–H and O–H groups in total. The normalized spacial score (nSPS) is 11.3. The second-order valence-electron chi connectivity index (χ2n) is 6.81. The minimum Gasteiger partial charge on any atom is -0.394 e. The maximum Gasteiger partial charge on any atom is 0.248 e. The molecular formula is C21H22N8O2. The fourth-order valence-corrected chi connectivity index (χ4v) is 3.08. The van der Waals surface area contributed by atoms with E-state index < -0.39 is 0 Å². The molecule has 158 valence electrons. The van der Waals surface area contributed by atoms with Crippen molar-refractivity contribution in [3.63, 3.8) is 0 Å². The summed E-state index contributed by atoms with van der Waals surface area (Å²) in [5.41, 5.74) is 3.10. The highest BCUT2D eigenvalue weighted by atomic mass is 16.3. The average Bonchev–Trinajstić information content (AvgIpc) is 3.36. The topological polar surface area (TPSA) is 123 Å². The van der Waals surface area contributed by atoms with Gasteiger partial charge in [-0.15, -0.1) is 0 Å². The van der Waals surface area contributed by atoms with Gasteiger partial charge in [0.15, 0.2) is 5.65 Å². The molecule has 31 heavy (non-hydrogen) atoms. The number of allylic oxidation sites excluding steroid dienone is 1. The van der Waals surface area contributed by atoms with E-state index in [1.54, 1.807) is 47.2 Å².